The van der Waals surface area contributed by atoms with Gasteiger partial charge in [-0.05, 0) is 87.9 Å². The van der Waals surface area contributed by atoms with Gasteiger partial charge in [0.25, 0.3) is 11.1 Å². The summed E-state index contributed by atoms with van der Waals surface area (Å²) >= 11 is 4.11. The maximum absolute atomic E-state index is 12.9. The van der Waals surface area contributed by atoms with Crippen molar-refractivity contribution in [2.75, 3.05) is 25.6 Å². The molecule has 1 aliphatic rings. The minimum absolute atomic E-state index is 0.0783. The second kappa shape index (κ2) is 12.6. The number of thioether (sulfide) groups is 1. The molecule has 0 saturated carbocycles. The second-order valence-corrected chi connectivity index (χ2v) is 11.7. The van der Waals surface area contributed by atoms with E-state index in [9.17, 15) is 22.8 Å². The number of methoxy groups -OCH3 is 1. The summed E-state index contributed by atoms with van der Waals surface area (Å²) < 4.78 is 42.4. The Morgan fingerprint density at radius 2 is 1.77 bits per heavy atom. The van der Waals surface area contributed by atoms with E-state index in [2.05, 4.69) is 21.2 Å². The lowest BCUT2D eigenvalue weighted by Crippen LogP contribution is -2.32. The van der Waals surface area contributed by atoms with Crippen molar-refractivity contribution in [2.45, 2.75) is 11.8 Å². The largest absolute Gasteiger partial charge is 0.493 e. The average molecular weight is 648 g/mol. The van der Waals surface area contributed by atoms with E-state index in [0.717, 1.165) is 16.7 Å². The van der Waals surface area contributed by atoms with Gasteiger partial charge in [0, 0.05) is 12.6 Å². The summed E-state index contributed by atoms with van der Waals surface area (Å²) in [4.78, 5) is 37.7. The third kappa shape index (κ3) is 7.03. The number of carbonyl (C=O) groups excluding carboxylic acids is 3. The highest BCUT2D eigenvalue weighted by Gasteiger charge is 2.35. The summed E-state index contributed by atoms with van der Waals surface area (Å²) in [6.45, 7) is 1.57. The van der Waals surface area contributed by atoms with Gasteiger partial charge < -0.3 is 19.0 Å². The van der Waals surface area contributed by atoms with Crippen LogP contribution in [0.15, 0.2) is 81.0 Å². The van der Waals surface area contributed by atoms with Crippen molar-refractivity contribution in [3.63, 3.8) is 0 Å². The van der Waals surface area contributed by atoms with Crippen LogP contribution < -0.4 is 19.0 Å². The zero-order valence-electron chi connectivity index (χ0n) is 21.3. The summed E-state index contributed by atoms with van der Waals surface area (Å²) in [5.74, 6) is -0.144. The molecule has 0 unspecified atom stereocenters. The van der Waals surface area contributed by atoms with Crippen LogP contribution in [0.3, 0.4) is 0 Å². The average Bonchev–Trinajstić information content (AvgIpc) is 3.17. The van der Waals surface area contributed by atoms with E-state index in [4.69, 9.17) is 13.7 Å². The summed E-state index contributed by atoms with van der Waals surface area (Å²) in [6, 6.07) is 17.6. The second-order valence-electron chi connectivity index (χ2n) is 8.27. The molecule has 0 spiro atoms. The van der Waals surface area contributed by atoms with Crippen molar-refractivity contribution in [1.82, 2.24) is 4.90 Å². The molecule has 10 nitrogen and oxygen atoms in total. The Kier molecular flexibility index (Phi) is 9.17. The third-order valence-corrected chi connectivity index (χ3v) is 8.14. The van der Waals surface area contributed by atoms with Crippen molar-refractivity contribution in [3.8, 4) is 17.2 Å². The molecule has 1 N–H and O–H groups in total. The number of hydrogen-bond acceptors (Lipinski definition) is 9. The number of imide groups is 1. The number of rotatable bonds is 10. The topological polar surface area (TPSA) is 128 Å². The molecule has 0 radical (unpaired) electrons. The molecule has 0 aromatic heterocycles. The molecular weight excluding hydrogens is 624 g/mol. The first-order chi connectivity index (χ1) is 19.1. The van der Waals surface area contributed by atoms with Crippen molar-refractivity contribution >= 4 is 66.6 Å². The Balaban J connectivity index is 1.49. The van der Waals surface area contributed by atoms with E-state index >= 15 is 0 Å². The zero-order chi connectivity index (χ0) is 28.9. The Morgan fingerprint density at radius 3 is 2.42 bits per heavy atom. The molecule has 3 amide bonds. The first-order valence-electron chi connectivity index (χ1n) is 11.7. The van der Waals surface area contributed by atoms with E-state index in [0.29, 0.717) is 17.0 Å². The van der Waals surface area contributed by atoms with Gasteiger partial charge in [-0.2, -0.15) is 8.42 Å². The molecule has 0 aliphatic carbocycles. The molecule has 3 aromatic carbocycles. The van der Waals surface area contributed by atoms with Crippen LogP contribution in [-0.2, 0) is 19.7 Å². The minimum Gasteiger partial charge on any atom is -0.493 e. The van der Waals surface area contributed by atoms with Crippen LogP contribution in [0, 0.1) is 0 Å². The molecule has 1 saturated heterocycles. The van der Waals surface area contributed by atoms with Crippen molar-refractivity contribution in [2.24, 2.45) is 0 Å². The van der Waals surface area contributed by atoms with Gasteiger partial charge in [-0.1, -0.05) is 18.2 Å². The highest BCUT2D eigenvalue weighted by molar-refractivity contribution is 9.10. The van der Waals surface area contributed by atoms with Gasteiger partial charge in [0.2, 0.25) is 5.91 Å². The van der Waals surface area contributed by atoms with Gasteiger partial charge in [-0.25, -0.2) is 0 Å². The lowest BCUT2D eigenvalue weighted by molar-refractivity contribution is -0.123. The minimum atomic E-state index is -4.26. The van der Waals surface area contributed by atoms with Crippen molar-refractivity contribution in [1.29, 1.82) is 0 Å². The predicted octanol–water partition coefficient (Wildman–Crippen LogP) is 5.30. The van der Waals surface area contributed by atoms with E-state index in [1.165, 1.54) is 50.4 Å². The fourth-order valence-corrected chi connectivity index (χ4v) is 6.06. The number of halogens is 1. The van der Waals surface area contributed by atoms with Crippen molar-refractivity contribution in [3.05, 3.63) is 81.7 Å². The Morgan fingerprint density at radius 1 is 1.07 bits per heavy atom. The molecule has 208 valence electrons. The van der Waals surface area contributed by atoms with Crippen LogP contribution in [-0.4, -0.2) is 50.6 Å². The number of anilines is 1. The maximum atomic E-state index is 12.9. The summed E-state index contributed by atoms with van der Waals surface area (Å²) in [5, 5.41) is 2.14. The smallest absolute Gasteiger partial charge is 0.339 e. The molecule has 13 heteroatoms. The van der Waals surface area contributed by atoms with Gasteiger partial charge in [0.05, 0.1) is 23.0 Å². The lowest BCUT2D eigenvalue weighted by Gasteiger charge is -2.14. The monoisotopic (exact) mass is 646 g/mol. The molecule has 0 atom stereocenters. The fraction of sp³-hybridized carbons (Fsp3) is 0.148. The van der Waals surface area contributed by atoms with Crippen LogP contribution in [0.5, 0.6) is 17.2 Å². The van der Waals surface area contributed by atoms with Gasteiger partial charge >= 0.3 is 10.1 Å². The van der Waals surface area contributed by atoms with E-state index in [-0.39, 0.29) is 44.8 Å². The molecule has 3 aromatic rings. The zero-order valence-corrected chi connectivity index (χ0v) is 24.5. The molecule has 0 bridgehead atoms. The maximum Gasteiger partial charge on any atom is 0.339 e. The number of para-hydroxylation sites is 1. The Hall–Kier alpha value is -3.81. The quantitative estimate of drug-likeness (QED) is 0.230. The molecule has 1 heterocycles. The van der Waals surface area contributed by atoms with E-state index in [1.807, 2.05) is 18.2 Å². The van der Waals surface area contributed by atoms with Crippen LogP contribution >= 0.6 is 27.7 Å². The molecule has 1 fully saturated rings. The Bertz CT molecular complexity index is 1580. The number of hydrogen-bond donors (Lipinski definition) is 1. The highest BCUT2D eigenvalue weighted by atomic mass is 79.9. The van der Waals surface area contributed by atoms with Crippen LogP contribution in [0.4, 0.5) is 10.5 Å². The number of ether oxygens (including phenoxy) is 2. The van der Waals surface area contributed by atoms with E-state index in [1.54, 1.807) is 18.2 Å². The molecule has 40 heavy (non-hydrogen) atoms. The van der Waals surface area contributed by atoms with Crippen molar-refractivity contribution < 1.29 is 36.5 Å². The Labute approximate surface area is 243 Å². The van der Waals surface area contributed by atoms with Gasteiger partial charge in [0.15, 0.2) is 11.5 Å². The number of nitrogens with zero attached hydrogens (tertiary/aromatic N) is 1. The first kappa shape index (κ1) is 29.2. The number of amides is 3. The number of benzene rings is 3. The number of carbonyl (C=O) groups is 3. The normalized spacial score (nSPS) is 14.4. The van der Waals surface area contributed by atoms with E-state index < -0.39 is 21.3 Å². The molecular formula is C27H23BrN2O8S2. The standard InChI is InChI=1S/C27H23BrN2O8S2/c1-17(31)29-19-8-10-21(11-9-19)40(34,35)38-25-22(28)14-18(15-23(25)36-2)16-24-26(32)30(27(33)39-24)12-13-37-20-6-4-3-5-7-20/h3-11,14-16H,12-13H2,1-2H3,(H,29,31)/b24-16-. The first-order valence-corrected chi connectivity index (χ1v) is 14.7. The van der Waals surface area contributed by atoms with Gasteiger partial charge in [0.1, 0.15) is 17.3 Å². The fourth-order valence-electron chi connectivity index (χ4n) is 3.59. The predicted molar refractivity (Wildman–Crippen MR) is 154 cm³/mol. The van der Waals surface area contributed by atoms with Gasteiger partial charge in [-0.3, -0.25) is 19.3 Å². The van der Waals surface area contributed by atoms with Crippen LogP contribution in [0.1, 0.15) is 12.5 Å². The summed E-state index contributed by atoms with van der Waals surface area (Å²) in [5.41, 5.74) is 0.905. The van der Waals surface area contributed by atoms with Crippen LogP contribution in [0.25, 0.3) is 6.08 Å². The molecule has 4 rings (SSSR count). The summed E-state index contributed by atoms with van der Waals surface area (Å²) in [7, 11) is -2.92. The van der Waals surface area contributed by atoms with Gasteiger partial charge in [-0.15, -0.1) is 0 Å². The lowest BCUT2D eigenvalue weighted by atomic mass is 10.2. The third-order valence-electron chi connectivity index (χ3n) is 5.41. The molecule has 1 aliphatic heterocycles. The van der Waals surface area contributed by atoms with Crippen LogP contribution in [0.2, 0.25) is 0 Å². The highest BCUT2D eigenvalue weighted by Crippen LogP contribution is 2.40. The number of nitrogens with one attached hydrogen (secondary N) is 1. The summed E-state index contributed by atoms with van der Waals surface area (Å²) in [6.07, 6.45) is 1.51. The SMILES string of the molecule is COc1cc(/C=C2\SC(=O)N(CCOc3ccccc3)C2=O)cc(Br)c1OS(=O)(=O)c1ccc(NC(C)=O)cc1.